The molecule has 0 aromatic heterocycles. The quantitative estimate of drug-likeness (QED) is 0.626. The molecular weight excluding hydrogens is 304 g/mol. The first-order valence-electron chi connectivity index (χ1n) is 9.56. The SMILES string of the molecule is CC.CC.CCN1/C(=C/C2=Nc3ccccc3C2)Cc2ccccc21. The van der Waals surface area contributed by atoms with Gasteiger partial charge in [-0.15, -0.1) is 0 Å². The van der Waals surface area contributed by atoms with Gasteiger partial charge in [0.25, 0.3) is 0 Å². The molecule has 2 heterocycles. The van der Waals surface area contributed by atoms with E-state index in [4.69, 9.17) is 4.99 Å². The molecule has 0 saturated carbocycles. The van der Waals surface area contributed by atoms with Crippen molar-refractivity contribution in [2.45, 2.75) is 47.5 Å². The molecule has 132 valence electrons. The Bertz CT molecular complexity index is 756. The van der Waals surface area contributed by atoms with Crippen LogP contribution in [0.3, 0.4) is 0 Å². The summed E-state index contributed by atoms with van der Waals surface area (Å²) in [4.78, 5) is 7.16. The van der Waals surface area contributed by atoms with Gasteiger partial charge in [-0.3, -0.25) is 4.99 Å². The fourth-order valence-electron chi connectivity index (χ4n) is 3.31. The number of nitrogens with zero attached hydrogens (tertiary/aromatic N) is 2. The van der Waals surface area contributed by atoms with Crippen LogP contribution in [0.5, 0.6) is 0 Å². The summed E-state index contributed by atoms with van der Waals surface area (Å²) in [5, 5.41) is 0. The van der Waals surface area contributed by atoms with Gasteiger partial charge in [0.1, 0.15) is 0 Å². The fourth-order valence-corrected chi connectivity index (χ4v) is 3.31. The molecular formula is C23H30N2. The van der Waals surface area contributed by atoms with Gasteiger partial charge in [0.2, 0.25) is 0 Å². The molecule has 2 heteroatoms. The lowest BCUT2D eigenvalue weighted by molar-refractivity contribution is 0.968. The molecule has 0 radical (unpaired) electrons. The lowest BCUT2D eigenvalue weighted by Crippen LogP contribution is -2.18. The Morgan fingerprint density at radius 2 is 1.52 bits per heavy atom. The Kier molecular flexibility index (Phi) is 7.00. The Morgan fingerprint density at radius 3 is 2.20 bits per heavy atom. The first-order chi connectivity index (χ1) is 12.3. The monoisotopic (exact) mass is 334 g/mol. The van der Waals surface area contributed by atoms with Gasteiger partial charge in [0.15, 0.2) is 0 Å². The van der Waals surface area contributed by atoms with E-state index in [1.807, 2.05) is 27.7 Å². The normalized spacial score (nSPS) is 15.5. The number of hydrogen-bond donors (Lipinski definition) is 0. The molecule has 0 aliphatic carbocycles. The number of para-hydroxylation sites is 2. The van der Waals surface area contributed by atoms with Gasteiger partial charge >= 0.3 is 0 Å². The number of aliphatic imine (C=N–C) groups is 1. The number of likely N-dealkylation sites (N-methyl/N-ethyl adjacent to an activating group) is 1. The topological polar surface area (TPSA) is 15.6 Å². The highest BCUT2D eigenvalue weighted by atomic mass is 15.2. The van der Waals surface area contributed by atoms with E-state index in [0.29, 0.717) is 0 Å². The van der Waals surface area contributed by atoms with Crippen molar-refractivity contribution in [1.82, 2.24) is 0 Å². The summed E-state index contributed by atoms with van der Waals surface area (Å²) >= 11 is 0. The minimum atomic E-state index is 0.952. The van der Waals surface area contributed by atoms with Crippen molar-refractivity contribution in [3.05, 3.63) is 71.4 Å². The third kappa shape index (κ3) is 4.01. The molecule has 25 heavy (non-hydrogen) atoms. The molecule has 0 N–H and O–H groups in total. The first kappa shape index (κ1) is 19.0. The van der Waals surface area contributed by atoms with Crippen molar-refractivity contribution in [3.8, 4) is 0 Å². The molecule has 2 aromatic rings. The van der Waals surface area contributed by atoms with Crippen molar-refractivity contribution in [3.63, 3.8) is 0 Å². The minimum Gasteiger partial charge on any atom is -0.345 e. The Balaban J connectivity index is 0.000000528. The van der Waals surface area contributed by atoms with Gasteiger partial charge in [-0.1, -0.05) is 64.1 Å². The third-order valence-electron chi connectivity index (χ3n) is 4.28. The molecule has 0 spiro atoms. The van der Waals surface area contributed by atoms with Crippen LogP contribution in [0.4, 0.5) is 11.4 Å². The lowest BCUT2D eigenvalue weighted by Gasteiger charge is -2.19. The van der Waals surface area contributed by atoms with Crippen LogP contribution in [0.15, 0.2) is 65.3 Å². The lowest BCUT2D eigenvalue weighted by atomic mass is 10.1. The number of fused-ring (bicyclic) bond motifs is 2. The highest BCUT2D eigenvalue weighted by Gasteiger charge is 2.23. The summed E-state index contributed by atoms with van der Waals surface area (Å²) in [6.07, 6.45) is 4.25. The molecule has 0 fully saturated rings. The van der Waals surface area contributed by atoms with Crippen molar-refractivity contribution >= 4 is 17.1 Å². The average molecular weight is 335 g/mol. The van der Waals surface area contributed by atoms with Gasteiger partial charge in [-0.25, -0.2) is 0 Å². The van der Waals surface area contributed by atoms with Crippen molar-refractivity contribution in [2.24, 2.45) is 4.99 Å². The molecule has 0 saturated heterocycles. The molecule has 2 aliphatic rings. The van der Waals surface area contributed by atoms with Crippen molar-refractivity contribution in [1.29, 1.82) is 0 Å². The van der Waals surface area contributed by atoms with E-state index in [-0.39, 0.29) is 0 Å². The molecule has 2 aromatic carbocycles. The molecule has 0 amide bonds. The van der Waals surface area contributed by atoms with Gasteiger partial charge in [0, 0.05) is 36.5 Å². The van der Waals surface area contributed by atoms with Crippen LogP contribution in [0, 0.1) is 0 Å². The van der Waals surface area contributed by atoms with Crippen LogP contribution in [0.2, 0.25) is 0 Å². The number of benzene rings is 2. The van der Waals surface area contributed by atoms with Crippen LogP contribution in [0.25, 0.3) is 0 Å². The Labute approximate surface area is 152 Å². The maximum Gasteiger partial charge on any atom is 0.0669 e. The van der Waals surface area contributed by atoms with Crippen LogP contribution in [0.1, 0.15) is 45.7 Å². The fraction of sp³-hybridized carbons (Fsp3) is 0.348. The third-order valence-corrected chi connectivity index (χ3v) is 4.28. The van der Waals surface area contributed by atoms with Gasteiger partial charge < -0.3 is 4.90 Å². The zero-order valence-corrected chi connectivity index (χ0v) is 16.2. The summed E-state index contributed by atoms with van der Waals surface area (Å²) < 4.78 is 0. The molecule has 0 atom stereocenters. The van der Waals surface area contributed by atoms with Crippen molar-refractivity contribution in [2.75, 3.05) is 11.4 Å². The van der Waals surface area contributed by atoms with Gasteiger partial charge in [-0.2, -0.15) is 0 Å². The standard InChI is InChI=1S/C19H18N2.2C2H6/c1-2-21-17(12-15-8-4-6-10-19(15)21)13-16-11-14-7-3-5-9-18(14)20-16;2*1-2/h3-10,13H,2,11-12H2,1H3;2*1-2H3/b17-13+;;. The molecule has 4 rings (SSSR count). The average Bonchev–Trinajstić information content (AvgIpc) is 3.25. The predicted molar refractivity (Wildman–Crippen MR) is 111 cm³/mol. The summed E-state index contributed by atoms with van der Waals surface area (Å²) in [5.41, 5.74) is 7.78. The maximum atomic E-state index is 4.76. The van der Waals surface area contributed by atoms with Crippen LogP contribution >= 0.6 is 0 Å². The Morgan fingerprint density at radius 1 is 0.880 bits per heavy atom. The highest BCUT2D eigenvalue weighted by molar-refractivity contribution is 6.03. The maximum absolute atomic E-state index is 4.76. The first-order valence-corrected chi connectivity index (χ1v) is 9.56. The molecule has 2 aliphatic heterocycles. The second-order valence-electron chi connectivity index (χ2n) is 5.59. The van der Waals surface area contributed by atoms with E-state index in [0.717, 1.165) is 25.1 Å². The smallest absolute Gasteiger partial charge is 0.0669 e. The number of rotatable bonds is 2. The van der Waals surface area contributed by atoms with Gasteiger partial charge in [0.05, 0.1) is 5.69 Å². The second kappa shape index (κ2) is 9.22. The number of allylic oxidation sites excluding steroid dienone is 2. The van der Waals surface area contributed by atoms with E-state index >= 15 is 0 Å². The second-order valence-corrected chi connectivity index (χ2v) is 5.59. The molecule has 2 nitrogen and oxygen atoms in total. The number of anilines is 1. The molecule has 0 bridgehead atoms. The van der Waals surface area contributed by atoms with E-state index in [9.17, 15) is 0 Å². The molecule has 0 unspecified atom stereocenters. The predicted octanol–water partition coefficient (Wildman–Crippen LogP) is 6.33. The largest absolute Gasteiger partial charge is 0.345 e. The summed E-state index contributed by atoms with van der Waals surface area (Å²) in [6.45, 7) is 11.2. The summed E-state index contributed by atoms with van der Waals surface area (Å²) in [5.74, 6) is 0. The minimum absolute atomic E-state index is 0.952. The highest BCUT2D eigenvalue weighted by Crippen LogP contribution is 2.35. The Hall–Kier alpha value is -2.35. The van der Waals surface area contributed by atoms with E-state index in [1.165, 1.54) is 28.2 Å². The summed E-state index contributed by atoms with van der Waals surface area (Å²) in [6, 6.07) is 17.1. The van der Waals surface area contributed by atoms with Crippen molar-refractivity contribution < 1.29 is 0 Å². The van der Waals surface area contributed by atoms with Gasteiger partial charge in [-0.05, 0) is 36.3 Å². The van der Waals surface area contributed by atoms with Crippen LogP contribution < -0.4 is 4.90 Å². The van der Waals surface area contributed by atoms with E-state index < -0.39 is 0 Å². The zero-order chi connectivity index (χ0) is 18.2. The number of hydrogen-bond acceptors (Lipinski definition) is 2. The van der Waals surface area contributed by atoms with Crippen LogP contribution in [-0.2, 0) is 12.8 Å². The van der Waals surface area contributed by atoms with Crippen LogP contribution in [-0.4, -0.2) is 12.3 Å². The van der Waals surface area contributed by atoms with E-state index in [2.05, 4.69) is 66.4 Å². The van der Waals surface area contributed by atoms with E-state index in [1.54, 1.807) is 0 Å². The summed E-state index contributed by atoms with van der Waals surface area (Å²) in [7, 11) is 0. The zero-order valence-electron chi connectivity index (χ0n) is 16.2.